The number of rotatable bonds is 11. The standard InChI is InChI=1S/C28H35Cl2N3O6S/c1-3-24(28(35)31-20-8-6-5-7-9-20)32(16-19-10-12-22(29)23(30)14-19)27(34)17-33(40(36,37)4-2)21-11-13-25-26(15-21)39-18-38-25/h10-15,20,24H,3-9,16-18H2,1-2H3,(H,31,35)/t24-/m1/s1. The Bertz CT molecular complexity index is 1330. The van der Waals surface area contributed by atoms with Crippen molar-refractivity contribution >= 4 is 50.7 Å². The third kappa shape index (κ3) is 7.14. The molecule has 12 heteroatoms. The van der Waals surface area contributed by atoms with E-state index in [1.807, 2.05) is 6.92 Å². The summed E-state index contributed by atoms with van der Waals surface area (Å²) in [5.41, 5.74) is 0.938. The second-order valence-corrected chi connectivity index (χ2v) is 13.0. The fourth-order valence-electron chi connectivity index (χ4n) is 5.06. The fourth-order valence-corrected chi connectivity index (χ4v) is 6.43. The van der Waals surface area contributed by atoms with Gasteiger partial charge in [0.1, 0.15) is 12.6 Å². The molecule has 2 amide bonds. The van der Waals surface area contributed by atoms with Gasteiger partial charge in [-0.05, 0) is 56.0 Å². The molecule has 0 spiro atoms. The Morgan fingerprint density at radius 1 is 1.00 bits per heavy atom. The van der Waals surface area contributed by atoms with Gasteiger partial charge in [-0.25, -0.2) is 8.42 Å². The summed E-state index contributed by atoms with van der Waals surface area (Å²) in [4.78, 5) is 29.0. The van der Waals surface area contributed by atoms with Crippen molar-refractivity contribution in [3.05, 3.63) is 52.0 Å². The lowest BCUT2D eigenvalue weighted by atomic mass is 9.95. The van der Waals surface area contributed by atoms with E-state index in [0.29, 0.717) is 33.5 Å². The number of benzene rings is 2. The summed E-state index contributed by atoms with van der Waals surface area (Å²) in [6.45, 7) is 2.93. The van der Waals surface area contributed by atoms with Gasteiger partial charge in [-0.15, -0.1) is 0 Å². The first-order valence-electron chi connectivity index (χ1n) is 13.6. The number of amides is 2. The van der Waals surface area contributed by atoms with Crippen LogP contribution < -0.4 is 19.1 Å². The van der Waals surface area contributed by atoms with E-state index in [1.54, 1.807) is 36.4 Å². The molecule has 2 aliphatic rings. The number of nitrogens with one attached hydrogen (secondary N) is 1. The maximum absolute atomic E-state index is 14.0. The second kappa shape index (κ2) is 13.3. The van der Waals surface area contributed by atoms with Crippen LogP contribution in [0.1, 0.15) is 57.9 Å². The molecule has 1 aliphatic heterocycles. The lowest BCUT2D eigenvalue weighted by molar-refractivity contribution is -0.140. The van der Waals surface area contributed by atoms with Crippen molar-refractivity contribution in [2.24, 2.45) is 0 Å². The maximum Gasteiger partial charge on any atom is 0.244 e. The van der Waals surface area contributed by atoms with Gasteiger partial charge in [0.25, 0.3) is 0 Å². The maximum atomic E-state index is 14.0. The fraction of sp³-hybridized carbons (Fsp3) is 0.500. The third-order valence-electron chi connectivity index (χ3n) is 7.30. The van der Waals surface area contributed by atoms with E-state index in [9.17, 15) is 18.0 Å². The van der Waals surface area contributed by atoms with E-state index in [1.165, 1.54) is 11.8 Å². The van der Waals surface area contributed by atoms with Gasteiger partial charge in [0.2, 0.25) is 28.6 Å². The molecule has 1 fully saturated rings. The van der Waals surface area contributed by atoms with E-state index >= 15 is 0 Å². The Balaban J connectivity index is 1.65. The number of nitrogens with zero attached hydrogens (tertiary/aromatic N) is 2. The van der Waals surface area contributed by atoms with Gasteiger partial charge in [0.05, 0.1) is 21.5 Å². The topological polar surface area (TPSA) is 105 Å². The van der Waals surface area contributed by atoms with Crippen molar-refractivity contribution in [1.82, 2.24) is 10.2 Å². The van der Waals surface area contributed by atoms with E-state index in [2.05, 4.69) is 5.32 Å². The number of halogens is 2. The largest absolute Gasteiger partial charge is 0.454 e. The Morgan fingerprint density at radius 3 is 2.40 bits per heavy atom. The number of carbonyl (C=O) groups excluding carboxylic acids is 2. The highest BCUT2D eigenvalue weighted by Crippen LogP contribution is 2.36. The predicted molar refractivity (Wildman–Crippen MR) is 155 cm³/mol. The lowest BCUT2D eigenvalue weighted by Crippen LogP contribution is -2.54. The number of ether oxygens (including phenoxy) is 2. The first-order valence-corrected chi connectivity index (χ1v) is 15.9. The molecule has 218 valence electrons. The van der Waals surface area contributed by atoms with E-state index in [0.717, 1.165) is 36.4 Å². The van der Waals surface area contributed by atoms with Gasteiger partial charge in [-0.3, -0.25) is 13.9 Å². The molecule has 0 unspecified atom stereocenters. The summed E-state index contributed by atoms with van der Waals surface area (Å²) in [5.74, 6) is -0.106. The third-order valence-corrected chi connectivity index (χ3v) is 9.78. The first kappa shape index (κ1) is 30.3. The van der Waals surface area contributed by atoms with Crippen molar-refractivity contribution in [3.63, 3.8) is 0 Å². The first-order chi connectivity index (χ1) is 19.1. The van der Waals surface area contributed by atoms with Crippen molar-refractivity contribution in [3.8, 4) is 11.5 Å². The zero-order valence-electron chi connectivity index (χ0n) is 22.7. The molecule has 4 rings (SSSR count). The molecule has 1 atom stereocenters. The van der Waals surface area contributed by atoms with Crippen LogP contribution in [0.15, 0.2) is 36.4 Å². The average Bonchev–Trinajstić information content (AvgIpc) is 3.42. The molecule has 2 aromatic rings. The quantitative estimate of drug-likeness (QED) is 0.377. The van der Waals surface area contributed by atoms with Crippen LogP contribution in [0.4, 0.5) is 5.69 Å². The molecule has 1 aliphatic carbocycles. The minimum absolute atomic E-state index is 0.0317. The number of fused-ring (bicyclic) bond motifs is 1. The molecule has 40 heavy (non-hydrogen) atoms. The Kier molecular flexibility index (Phi) is 10.1. The Labute approximate surface area is 245 Å². The number of hydrogen-bond acceptors (Lipinski definition) is 6. The predicted octanol–water partition coefficient (Wildman–Crippen LogP) is 5.13. The molecular formula is C28H35Cl2N3O6S. The van der Waals surface area contributed by atoms with Crippen LogP contribution in [0.3, 0.4) is 0 Å². The van der Waals surface area contributed by atoms with E-state index in [4.69, 9.17) is 32.7 Å². The molecule has 1 saturated carbocycles. The van der Waals surface area contributed by atoms with Crippen LogP contribution in [0.25, 0.3) is 0 Å². The minimum atomic E-state index is -3.87. The Morgan fingerprint density at radius 2 is 1.73 bits per heavy atom. The normalized spacial score (nSPS) is 15.9. The SMILES string of the molecule is CC[C@H](C(=O)NC1CCCCC1)N(Cc1ccc(Cl)c(Cl)c1)C(=O)CN(c1ccc2c(c1)OCO2)S(=O)(=O)CC. The van der Waals surface area contributed by atoms with Gasteiger partial charge < -0.3 is 19.7 Å². The van der Waals surface area contributed by atoms with Gasteiger partial charge >= 0.3 is 0 Å². The molecule has 0 radical (unpaired) electrons. The van der Waals surface area contributed by atoms with Gasteiger partial charge in [-0.1, -0.05) is 55.5 Å². The molecule has 0 bridgehead atoms. The van der Waals surface area contributed by atoms with E-state index in [-0.39, 0.29) is 36.7 Å². The second-order valence-electron chi connectivity index (χ2n) is 9.98. The summed E-state index contributed by atoms with van der Waals surface area (Å²) in [6, 6.07) is 8.98. The van der Waals surface area contributed by atoms with Crippen LogP contribution in [0.2, 0.25) is 10.0 Å². The number of sulfonamides is 1. The highest BCUT2D eigenvalue weighted by Gasteiger charge is 2.34. The molecule has 0 saturated heterocycles. The number of hydrogen-bond donors (Lipinski definition) is 1. The van der Waals surface area contributed by atoms with Crippen LogP contribution in [-0.4, -0.2) is 56.3 Å². The summed E-state index contributed by atoms with van der Waals surface area (Å²) < 4.78 is 38.3. The summed E-state index contributed by atoms with van der Waals surface area (Å²) in [7, 11) is -3.87. The number of anilines is 1. The molecule has 1 N–H and O–H groups in total. The zero-order chi connectivity index (χ0) is 28.9. The minimum Gasteiger partial charge on any atom is -0.454 e. The van der Waals surface area contributed by atoms with Crippen LogP contribution in [-0.2, 0) is 26.2 Å². The van der Waals surface area contributed by atoms with Gasteiger partial charge in [0.15, 0.2) is 11.5 Å². The van der Waals surface area contributed by atoms with Gasteiger partial charge in [0, 0.05) is 18.7 Å². The van der Waals surface area contributed by atoms with Crippen molar-refractivity contribution in [2.75, 3.05) is 23.4 Å². The number of carbonyl (C=O) groups is 2. The summed E-state index contributed by atoms with van der Waals surface area (Å²) in [6.07, 6.45) is 5.38. The van der Waals surface area contributed by atoms with Crippen molar-refractivity contribution in [2.45, 2.75) is 71.0 Å². The average molecular weight is 613 g/mol. The Hall–Kier alpha value is -2.69. The monoisotopic (exact) mass is 611 g/mol. The van der Waals surface area contributed by atoms with Crippen molar-refractivity contribution < 1.29 is 27.5 Å². The molecule has 2 aromatic carbocycles. The van der Waals surface area contributed by atoms with Crippen molar-refractivity contribution in [1.29, 1.82) is 0 Å². The van der Waals surface area contributed by atoms with Crippen LogP contribution >= 0.6 is 23.2 Å². The summed E-state index contributed by atoms with van der Waals surface area (Å²) in [5, 5.41) is 3.81. The van der Waals surface area contributed by atoms with Gasteiger partial charge in [-0.2, -0.15) is 0 Å². The molecule has 1 heterocycles. The highest BCUT2D eigenvalue weighted by molar-refractivity contribution is 7.92. The zero-order valence-corrected chi connectivity index (χ0v) is 25.0. The molecular weight excluding hydrogens is 577 g/mol. The summed E-state index contributed by atoms with van der Waals surface area (Å²) >= 11 is 12.3. The lowest BCUT2D eigenvalue weighted by Gasteiger charge is -2.34. The van der Waals surface area contributed by atoms with E-state index < -0.39 is 28.5 Å². The highest BCUT2D eigenvalue weighted by atomic mass is 35.5. The smallest absolute Gasteiger partial charge is 0.244 e. The molecule has 9 nitrogen and oxygen atoms in total. The van der Waals surface area contributed by atoms with Crippen LogP contribution in [0, 0.1) is 0 Å². The molecule has 0 aromatic heterocycles. The van der Waals surface area contributed by atoms with Crippen LogP contribution in [0.5, 0.6) is 11.5 Å².